The Morgan fingerprint density at radius 3 is 2.65 bits per heavy atom. The van der Waals surface area contributed by atoms with Gasteiger partial charge in [0.05, 0.1) is 29.7 Å². The van der Waals surface area contributed by atoms with Crippen molar-refractivity contribution in [3.05, 3.63) is 34.2 Å². The first kappa shape index (κ1) is 11.7. The predicted molar refractivity (Wildman–Crippen MR) is 54.6 cm³/mol. The van der Waals surface area contributed by atoms with Gasteiger partial charge in [0.15, 0.2) is 0 Å². The summed E-state index contributed by atoms with van der Waals surface area (Å²) in [5.74, 6) is 0. The van der Waals surface area contributed by atoms with E-state index in [0.717, 1.165) is 10.6 Å². The van der Waals surface area contributed by atoms with Crippen molar-refractivity contribution < 1.29 is 18.3 Å². The molecular weight excluding hydrogens is 237 g/mol. The lowest BCUT2D eigenvalue weighted by Gasteiger charge is -2.07. The second-order valence-electron chi connectivity index (χ2n) is 3.50. The summed E-state index contributed by atoms with van der Waals surface area (Å²) >= 11 is 0. The van der Waals surface area contributed by atoms with Crippen molar-refractivity contribution in [2.75, 3.05) is 6.61 Å². The van der Waals surface area contributed by atoms with Crippen LogP contribution in [0, 0.1) is 0 Å². The molecule has 2 aromatic rings. The fourth-order valence-corrected chi connectivity index (χ4v) is 1.74. The van der Waals surface area contributed by atoms with Crippen molar-refractivity contribution in [2.45, 2.75) is 12.7 Å². The Morgan fingerprint density at radius 2 is 2.06 bits per heavy atom. The van der Waals surface area contributed by atoms with Gasteiger partial charge in [0.25, 0.3) is 0 Å². The van der Waals surface area contributed by atoms with Crippen molar-refractivity contribution in [3.63, 3.8) is 0 Å². The maximum absolute atomic E-state index is 12.7. The highest BCUT2D eigenvalue weighted by Gasteiger charge is 2.33. The lowest BCUT2D eigenvalue weighted by atomic mass is 10.2. The van der Waals surface area contributed by atoms with Gasteiger partial charge in [-0.3, -0.25) is 4.57 Å². The van der Waals surface area contributed by atoms with Crippen LogP contribution in [0.3, 0.4) is 0 Å². The lowest BCUT2D eigenvalue weighted by molar-refractivity contribution is -0.136. The van der Waals surface area contributed by atoms with Crippen LogP contribution in [0.2, 0.25) is 0 Å². The summed E-state index contributed by atoms with van der Waals surface area (Å²) in [4.78, 5) is 13.6. The van der Waals surface area contributed by atoms with E-state index in [1.807, 2.05) is 0 Å². The van der Waals surface area contributed by atoms with Crippen molar-refractivity contribution >= 4 is 11.0 Å². The molecule has 1 aromatic carbocycles. The molecule has 0 aliphatic carbocycles. The van der Waals surface area contributed by atoms with Gasteiger partial charge >= 0.3 is 11.9 Å². The number of imidazole rings is 1. The van der Waals surface area contributed by atoms with Crippen LogP contribution in [0.25, 0.3) is 11.0 Å². The SMILES string of the molecule is O=c1[nH]c2c(C(F)(F)F)cccc2n1CCO. The van der Waals surface area contributed by atoms with E-state index in [9.17, 15) is 18.0 Å². The van der Waals surface area contributed by atoms with Crippen LogP contribution in [0.1, 0.15) is 5.56 Å². The molecule has 0 aliphatic heterocycles. The Hall–Kier alpha value is -1.76. The van der Waals surface area contributed by atoms with E-state index < -0.39 is 17.4 Å². The fraction of sp³-hybridized carbons (Fsp3) is 0.300. The van der Waals surface area contributed by atoms with Gasteiger partial charge in [-0.05, 0) is 12.1 Å². The molecule has 2 N–H and O–H groups in total. The number of alkyl halides is 3. The summed E-state index contributed by atoms with van der Waals surface area (Å²) in [6.45, 7) is -0.358. The Labute approximate surface area is 93.3 Å². The van der Waals surface area contributed by atoms with Crippen LogP contribution in [0.5, 0.6) is 0 Å². The third-order valence-electron chi connectivity index (χ3n) is 2.44. The quantitative estimate of drug-likeness (QED) is 0.840. The maximum Gasteiger partial charge on any atom is 0.418 e. The van der Waals surface area contributed by atoms with E-state index in [0.29, 0.717) is 0 Å². The molecular formula is C10H9F3N2O2. The summed E-state index contributed by atoms with van der Waals surface area (Å²) in [7, 11) is 0. The van der Waals surface area contributed by atoms with Crippen molar-refractivity contribution in [1.29, 1.82) is 0 Å². The molecule has 0 atom stereocenters. The normalized spacial score (nSPS) is 12.2. The van der Waals surface area contributed by atoms with Gasteiger partial charge in [-0.2, -0.15) is 13.2 Å². The summed E-state index contributed by atoms with van der Waals surface area (Å²) < 4.78 is 39.1. The number of hydrogen-bond acceptors (Lipinski definition) is 2. The van der Waals surface area contributed by atoms with Gasteiger partial charge in [0.1, 0.15) is 0 Å². The standard InChI is InChI=1S/C10H9F3N2O2/c11-10(12,13)6-2-1-3-7-8(6)14-9(17)15(7)4-5-16/h1-3,16H,4-5H2,(H,14,17). The second kappa shape index (κ2) is 3.92. The Bertz CT molecular complexity index is 598. The number of aliphatic hydroxyl groups excluding tert-OH is 1. The second-order valence-corrected chi connectivity index (χ2v) is 3.50. The number of nitrogens with zero attached hydrogens (tertiary/aromatic N) is 1. The van der Waals surface area contributed by atoms with E-state index in [1.54, 1.807) is 0 Å². The monoisotopic (exact) mass is 246 g/mol. The fourth-order valence-electron chi connectivity index (χ4n) is 1.74. The number of benzene rings is 1. The minimum absolute atomic E-state index is 0.0415. The number of aromatic amines is 1. The number of nitrogens with one attached hydrogen (secondary N) is 1. The van der Waals surface area contributed by atoms with Crippen LogP contribution in [0.15, 0.2) is 23.0 Å². The van der Waals surface area contributed by atoms with Crippen molar-refractivity contribution in [2.24, 2.45) is 0 Å². The zero-order chi connectivity index (χ0) is 12.6. The molecule has 1 heterocycles. The molecule has 0 aliphatic rings. The average molecular weight is 246 g/mol. The predicted octanol–water partition coefficient (Wildman–Crippen LogP) is 1.34. The third-order valence-corrected chi connectivity index (χ3v) is 2.44. The molecule has 0 saturated carbocycles. The minimum atomic E-state index is -4.52. The van der Waals surface area contributed by atoms with Crippen LogP contribution in [-0.2, 0) is 12.7 Å². The zero-order valence-corrected chi connectivity index (χ0v) is 8.58. The number of aromatic nitrogens is 2. The molecule has 17 heavy (non-hydrogen) atoms. The highest BCUT2D eigenvalue weighted by atomic mass is 19.4. The molecule has 92 valence electrons. The number of para-hydroxylation sites is 1. The van der Waals surface area contributed by atoms with Gasteiger partial charge in [0.2, 0.25) is 0 Å². The summed E-state index contributed by atoms with van der Waals surface area (Å²) in [6.07, 6.45) is -4.52. The number of aliphatic hydroxyl groups is 1. The molecule has 0 unspecified atom stereocenters. The van der Waals surface area contributed by atoms with Crippen LogP contribution >= 0.6 is 0 Å². The molecule has 0 amide bonds. The highest BCUT2D eigenvalue weighted by Crippen LogP contribution is 2.33. The number of rotatable bonds is 2. The largest absolute Gasteiger partial charge is 0.418 e. The van der Waals surface area contributed by atoms with E-state index in [4.69, 9.17) is 5.11 Å². The zero-order valence-electron chi connectivity index (χ0n) is 8.58. The number of hydrogen-bond donors (Lipinski definition) is 2. The first-order valence-electron chi connectivity index (χ1n) is 4.84. The molecule has 0 bridgehead atoms. The molecule has 1 aromatic heterocycles. The minimum Gasteiger partial charge on any atom is -0.395 e. The van der Waals surface area contributed by atoms with E-state index in [2.05, 4.69) is 4.98 Å². The Balaban J connectivity index is 2.76. The van der Waals surface area contributed by atoms with Crippen LogP contribution < -0.4 is 5.69 Å². The van der Waals surface area contributed by atoms with Gasteiger partial charge in [-0.15, -0.1) is 0 Å². The Kier molecular flexibility index (Phi) is 2.70. The molecule has 0 fully saturated rings. The average Bonchev–Trinajstić information content (AvgIpc) is 2.54. The number of halogens is 3. The van der Waals surface area contributed by atoms with E-state index in [1.165, 1.54) is 12.1 Å². The van der Waals surface area contributed by atoms with E-state index >= 15 is 0 Å². The van der Waals surface area contributed by atoms with E-state index in [-0.39, 0.29) is 24.2 Å². The number of fused-ring (bicyclic) bond motifs is 1. The van der Waals surface area contributed by atoms with Crippen molar-refractivity contribution in [1.82, 2.24) is 9.55 Å². The van der Waals surface area contributed by atoms with Gasteiger partial charge < -0.3 is 10.1 Å². The molecule has 4 nitrogen and oxygen atoms in total. The molecule has 2 rings (SSSR count). The summed E-state index contributed by atoms with van der Waals surface area (Å²) in [5, 5.41) is 8.76. The van der Waals surface area contributed by atoms with Gasteiger partial charge in [-0.1, -0.05) is 6.07 Å². The Morgan fingerprint density at radius 1 is 1.35 bits per heavy atom. The first-order valence-corrected chi connectivity index (χ1v) is 4.84. The van der Waals surface area contributed by atoms with Crippen LogP contribution in [-0.4, -0.2) is 21.3 Å². The van der Waals surface area contributed by atoms with Crippen LogP contribution in [0.4, 0.5) is 13.2 Å². The summed E-state index contributed by atoms with van der Waals surface area (Å²) in [6, 6.07) is 3.53. The maximum atomic E-state index is 12.7. The number of H-pyrrole nitrogens is 1. The molecule has 0 spiro atoms. The molecule has 0 radical (unpaired) electrons. The molecule has 7 heteroatoms. The topological polar surface area (TPSA) is 58.0 Å². The third kappa shape index (κ3) is 1.93. The lowest BCUT2D eigenvalue weighted by Crippen LogP contribution is -2.18. The van der Waals surface area contributed by atoms with Gasteiger partial charge in [0, 0.05) is 0 Å². The first-order chi connectivity index (χ1) is 7.95. The highest BCUT2D eigenvalue weighted by molar-refractivity contribution is 5.79. The van der Waals surface area contributed by atoms with Gasteiger partial charge in [-0.25, -0.2) is 4.79 Å². The van der Waals surface area contributed by atoms with Crippen molar-refractivity contribution in [3.8, 4) is 0 Å². The summed E-state index contributed by atoms with van der Waals surface area (Å²) in [5.41, 5.74) is -1.66. The smallest absolute Gasteiger partial charge is 0.395 e. The molecule has 0 saturated heterocycles.